The van der Waals surface area contributed by atoms with Gasteiger partial charge < -0.3 is 14.6 Å². The minimum absolute atomic E-state index is 0.0334. The largest absolute Gasteiger partial charge is 0.480 e. The highest BCUT2D eigenvalue weighted by atomic mass is 16.4. The van der Waals surface area contributed by atoms with E-state index in [9.17, 15) is 9.59 Å². The van der Waals surface area contributed by atoms with E-state index >= 15 is 0 Å². The first-order valence-corrected chi connectivity index (χ1v) is 6.03. The summed E-state index contributed by atoms with van der Waals surface area (Å²) in [6, 6.07) is 7.45. The fourth-order valence-corrected chi connectivity index (χ4v) is 2.16. The lowest BCUT2D eigenvalue weighted by molar-refractivity contribution is -0.137. The lowest BCUT2D eigenvalue weighted by atomic mass is 10.1. The van der Waals surface area contributed by atoms with Crippen molar-refractivity contribution < 1.29 is 14.7 Å². The molecule has 0 unspecified atom stereocenters. The number of fused-ring (bicyclic) bond motifs is 1. The fourth-order valence-electron chi connectivity index (χ4n) is 2.16. The topological polar surface area (TPSA) is 62.5 Å². The Labute approximate surface area is 116 Å². The number of rotatable bonds is 4. The lowest BCUT2D eigenvalue weighted by Crippen LogP contribution is -2.35. The first-order chi connectivity index (χ1) is 9.54. The zero-order valence-corrected chi connectivity index (χ0v) is 11.0. The number of hydrogen-bond donors (Lipinski definition) is 1. The average molecular weight is 270 g/mol. The highest BCUT2D eigenvalue weighted by molar-refractivity contribution is 6.07. The summed E-state index contributed by atoms with van der Waals surface area (Å²) in [6.07, 6.45) is 6.89. The molecule has 2 rings (SSSR count). The molecule has 0 spiro atoms. The molecule has 20 heavy (non-hydrogen) atoms. The normalized spacial score (nSPS) is 10.2. The van der Waals surface area contributed by atoms with Crippen LogP contribution in [0.3, 0.4) is 0 Å². The molecule has 0 aliphatic rings. The molecular formula is C15H14N2O3. The highest BCUT2D eigenvalue weighted by Crippen LogP contribution is 2.21. The zero-order chi connectivity index (χ0) is 14.7. The van der Waals surface area contributed by atoms with E-state index in [1.54, 1.807) is 6.20 Å². The Kier molecular flexibility index (Phi) is 3.76. The number of aromatic nitrogens is 1. The van der Waals surface area contributed by atoms with Gasteiger partial charge in [0.2, 0.25) is 0 Å². The number of carboxylic acids is 1. The van der Waals surface area contributed by atoms with E-state index in [-0.39, 0.29) is 12.5 Å². The Morgan fingerprint density at radius 3 is 2.75 bits per heavy atom. The van der Waals surface area contributed by atoms with Crippen LogP contribution in [0.15, 0.2) is 30.5 Å². The number of benzene rings is 1. The molecule has 1 N–H and O–H groups in total. The molecule has 0 fully saturated rings. The van der Waals surface area contributed by atoms with Crippen LogP contribution in [0.4, 0.5) is 0 Å². The molecule has 5 heteroatoms. The van der Waals surface area contributed by atoms with Gasteiger partial charge in [0.15, 0.2) is 0 Å². The van der Waals surface area contributed by atoms with Crippen LogP contribution in [-0.4, -0.2) is 39.5 Å². The van der Waals surface area contributed by atoms with E-state index in [1.807, 2.05) is 35.9 Å². The number of aryl methyl sites for hydroxylation is 1. The summed E-state index contributed by atoms with van der Waals surface area (Å²) in [7, 11) is 1.84. The second-order valence-electron chi connectivity index (χ2n) is 4.43. The number of hydrogen-bond acceptors (Lipinski definition) is 2. The van der Waals surface area contributed by atoms with E-state index in [0.29, 0.717) is 5.56 Å². The Hall–Kier alpha value is -2.74. The summed E-state index contributed by atoms with van der Waals surface area (Å²) in [5.74, 6) is 0.852. The fraction of sp³-hybridized carbons (Fsp3) is 0.200. The maximum absolute atomic E-state index is 12.5. The van der Waals surface area contributed by atoms with Gasteiger partial charge in [-0.1, -0.05) is 24.1 Å². The van der Waals surface area contributed by atoms with Gasteiger partial charge in [0.05, 0.1) is 12.1 Å². The molecule has 1 amide bonds. The predicted molar refractivity (Wildman–Crippen MR) is 75.3 cm³/mol. The molecule has 0 saturated carbocycles. The molecule has 0 aliphatic carbocycles. The van der Waals surface area contributed by atoms with Gasteiger partial charge in [0.1, 0.15) is 6.54 Å². The minimum atomic E-state index is -1.09. The molecule has 1 aromatic carbocycles. The van der Waals surface area contributed by atoms with E-state index in [4.69, 9.17) is 11.5 Å². The number of carboxylic acid groups (broad SMARTS) is 1. The molecule has 1 heterocycles. The molecule has 0 radical (unpaired) electrons. The van der Waals surface area contributed by atoms with Crippen molar-refractivity contribution in [3.8, 4) is 12.3 Å². The Morgan fingerprint density at radius 2 is 2.10 bits per heavy atom. The Morgan fingerprint density at radius 1 is 1.40 bits per heavy atom. The maximum atomic E-state index is 12.5. The lowest BCUT2D eigenvalue weighted by Gasteiger charge is -2.17. The van der Waals surface area contributed by atoms with Gasteiger partial charge in [0.25, 0.3) is 5.91 Å². The van der Waals surface area contributed by atoms with Crippen LogP contribution in [0.25, 0.3) is 10.9 Å². The van der Waals surface area contributed by atoms with Gasteiger partial charge in [-0.25, -0.2) is 0 Å². The summed E-state index contributed by atoms with van der Waals surface area (Å²) in [5.41, 5.74) is 1.37. The minimum Gasteiger partial charge on any atom is -0.480 e. The number of aliphatic carboxylic acids is 1. The maximum Gasteiger partial charge on any atom is 0.323 e. The van der Waals surface area contributed by atoms with Crippen molar-refractivity contribution in [3.63, 3.8) is 0 Å². The van der Waals surface area contributed by atoms with Crippen molar-refractivity contribution in [3.05, 3.63) is 36.0 Å². The van der Waals surface area contributed by atoms with Crippen molar-refractivity contribution in [2.45, 2.75) is 0 Å². The van der Waals surface area contributed by atoms with Crippen molar-refractivity contribution >= 4 is 22.8 Å². The van der Waals surface area contributed by atoms with E-state index in [2.05, 4.69) is 5.92 Å². The van der Waals surface area contributed by atoms with E-state index < -0.39 is 12.5 Å². The number of para-hydroxylation sites is 1. The summed E-state index contributed by atoms with van der Waals surface area (Å²) in [4.78, 5) is 24.4. The van der Waals surface area contributed by atoms with Crippen molar-refractivity contribution in [1.82, 2.24) is 9.47 Å². The summed E-state index contributed by atoms with van der Waals surface area (Å²) in [5, 5.41) is 9.64. The number of carbonyl (C=O) groups is 2. The third-order valence-electron chi connectivity index (χ3n) is 3.02. The van der Waals surface area contributed by atoms with Gasteiger partial charge in [-0.2, -0.15) is 0 Å². The van der Waals surface area contributed by atoms with Gasteiger partial charge in [-0.15, -0.1) is 6.42 Å². The third kappa shape index (κ3) is 2.50. The first kappa shape index (κ1) is 13.7. The number of nitrogens with zero attached hydrogens (tertiary/aromatic N) is 2. The molecule has 102 valence electrons. The standard InChI is InChI=1S/C15H14N2O3/c1-3-8-17(10-14(18)19)15(20)12-9-16(2)13-7-5-4-6-11(12)13/h1,4-7,9H,8,10H2,2H3,(H,18,19). The highest BCUT2D eigenvalue weighted by Gasteiger charge is 2.21. The average Bonchev–Trinajstić information content (AvgIpc) is 2.75. The van der Waals surface area contributed by atoms with Crippen LogP contribution < -0.4 is 0 Å². The van der Waals surface area contributed by atoms with Gasteiger partial charge in [-0.3, -0.25) is 9.59 Å². The van der Waals surface area contributed by atoms with Crippen LogP contribution in [0.5, 0.6) is 0 Å². The van der Waals surface area contributed by atoms with Crippen LogP contribution in [0.2, 0.25) is 0 Å². The summed E-state index contributed by atoms with van der Waals surface area (Å²) < 4.78 is 1.83. The van der Waals surface area contributed by atoms with Gasteiger partial charge >= 0.3 is 5.97 Å². The molecule has 5 nitrogen and oxygen atoms in total. The van der Waals surface area contributed by atoms with Crippen LogP contribution >= 0.6 is 0 Å². The van der Waals surface area contributed by atoms with Gasteiger partial charge in [0, 0.05) is 24.1 Å². The molecule has 0 atom stereocenters. The zero-order valence-electron chi connectivity index (χ0n) is 11.0. The summed E-state index contributed by atoms with van der Waals surface area (Å²) >= 11 is 0. The van der Waals surface area contributed by atoms with Crippen molar-refractivity contribution in [2.24, 2.45) is 7.05 Å². The third-order valence-corrected chi connectivity index (χ3v) is 3.02. The van der Waals surface area contributed by atoms with E-state index in [0.717, 1.165) is 15.8 Å². The molecule has 0 aliphatic heterocycles. The van der Waals surface area contributed by atoms with Crippen LogP contribution in [0.1, 0.15) is 10.4 Å². The van der Waals surface area contributed by atoms with E-state index in [1.165, 1.54) is 0 Å². The summed E-state index contributed by atoms with van der Waals surface area (Å²) in [6.45, 7) is -0.444. The monoisotopic (exact) mass is 270 g/mol. The second kappa shape index (κ2) is 5.49. The van der Waals surface area contributed by atoms with Crippen molar-refractivity contribution in [1.29, 1.82) is 0 Å². The Bertz CT molecular complexity index is 709. The number of amides is 1. The molecule has 1 aromatic heterocycles. The number of carbonyl (C=O) groups excluding carboxylic acids is 1. The predicted octanol–water partition coefficient (Wildman–Crippen LogP) is 1.34. The SMILES string of the molecule is C#CCN(CC(=O)O)C(=O)c1cn(C)c2ccccc12. The second-order valence-corrected chi connectivity index (χ2v) is 4.43. The quantitative estimate of drug-likeness (QED) is 0.853. The van der Waals surface area contributed by atoms with Crippen LogP contribution in [0, 0.1) is 12.3 Å². The molecular weight excluding hydrogens is 256 g/mol. The number of terminal acetylenes is 1. The molecule has 0 bridgehead atoms. The smallest absolute Gasteiger partial charge is 0.323 e. The van der Waals surface area contributed by atoms with Crippen LogP contribution in [-0.2, 0) is 11.8 Å². The molecule has 0 saturated heterocycles. The van der Waals surface area contributed by atoms with Gasteiger partial charge in [-0.05, 0) is 6.07 Å². The Balaban J connectivity index is 2.44. The van der Waals surface area contributed by atoms with Crippen molar-refractivity contribution in [2.75, 3.05) is 13.1 Å². The molecule has 2 aromatic rings. The first-order valence-electron chi connectivity index (χ1n) is 6.03.